The second kappa shape index (κ2) is 1.50. The third-order valence-electron chi connectivity index (χ3n) is 2.91. The van der Waals surface area contributed by atoms with Gasteiger partial charge < -0.3 is 10.6 Å². The van der Waals surface area contributed by atoms with Crippen molar-refractivity contribution in [1.82, 2.24) is 4.90 Å². The Morgan fingerprint density at radius 2 is 2.22 bits per heavy atom. The van der Waals surface area contributed by atoms with E-state index in [4.69, 9.17) is 5.73 Å². The normalized spacial score (nSPS) is 40.0. The van der Waals surface area contributed by atoms with Crippen molar-refractivity contribution in [2.24, 2.45) is 11.1 Å². The Kier molecular flexibility index (Phi) is 0.945. The van der Waals surface area contributed by atoms with Crippen LogP contribution in [0.25, 0.3) is 0 Å². The molecule has 0 aromatic rings. The summed E-state index contributed by atoms with van der Waals surface area (Å²) in [6, 6.07) is 0.522. The first-order chi connectivity index (χ1) is 4.23. The van der Waals surface area contributed by atoms with E-state index in [0.717, 1.165) is 0 Å². The summed E-state index contributed by atoms with van der Waals surface area (Å²) in [5.41, 5.74) is 6.43. The van der Waals surface area contributed by atoms with Crippen LogP contribution in [-0.2, 0) is 0 Å². The van der Waals surface area contributed by atoms with Crippen molar-refractivity contribution in [2.75, 3.05) is 20.1 Å². The molecule has 2 rings (SSSR count). The van der Waals surface area contributed by atoms with Crippen molar-refractivity contribution in [2.45, 2.75) is 18.9 Å². The van der Waals surface area contributed by atoms with Gasteiger partial charge in [-0.15, -0.1) is 0 Å². The van der Waals surface area contributed by atoms with Crippen molar-refractivity contribution in [1.29, 1.82) is 0 Å². The van der Waals surface area contributed by atoms with Crippen molar-refractivity contribution >= 4 is 0 Å². The molecule has 2 aliphatic rings. The summed E-state index contributed by atoms with van der Waals surface area (Å²) < 4.78 is 0. The number of nitrogens with zero attached hydrogens (tertiary/aromatic N) is 1. The fraction of sp³-hybridized carbons (Fsp3) is 1.00. The third-order valence-corrected chi connectivity index (χ3v) is 2.91. The summed E-state index contributed by atoms with van der Waals surface area (Å²) in [6.45, 7) is 2.49. The molecule has 0 unspecified atom stereocenters. The van der Waals surface area contributed by atoms with Crippen molar-refractivity contribution in [3.05, 3.63) is 0 Å². The van der Waals surface area contributed by atoms with E-state index in [9.17, 15) is 0 Å². The first-order valence-corrected chi connectivity index (χ1v) is 3.67. The van der Waals surface area contributed by atoms with Crippen LogP contribution in [-0.4, -0.2) is 31.1 Å². The Morgan fingerprint density at radius 1 is 1.56 bits per heavy atom. The Morgan fingerprint density at radius 3 is 2.33 bits per heavy atom. The van der Waals surface area contributed by atoms with E-state index in [1.165, 1.54) is 25.9 Å². The lowest BCUT2D eigenvalue weighted by Gasteiger charge is -2.58. The molecule has 0 bridgehead atoms. The van der Waals surface area contributed by atoms with Gasteiger partial charge in [-0.05, 0) is 19.9 Å². The number of hydrogen-bond acceptors (Lipinski definition) is 2. The molecule has 2 heteroatoms. The zero-order valence-corrected chi connectivity index (χ0v) is 5.93. The van der Waals surface area contributed by atoms with Crippen LogP contribution in [0.4, 0.5) is 0 Å². The number of likely N-dealkylation sites (tertiary alicyclic amines) is 1. The Labute approximate surface area is 56.0 Å². The van der Waals surface area contributed by atoms with Gasteiger partial charge in [0.15, 0.2) is 0 Å². The van der Waals surface area contributed by atoms with Gasteiger partial charge >= 0.3 is 0 Å². The molecule has 2 nitrogen and oxygen atoms in total. The largest absolute Gasteiger partial charge is 0.327 e. The molecule has 0 aromatic heterocycles. The second-order valence-electron chi connectivity index (χ2n) is 3.68. The molecule has 1 aliphatic heterocycles. The van der Waals surface area contributed by atoms with Crippen molar-refractivity contribution in [3.8, 4) is 0 Å². The van der Waals surface area contributed by atoms with Gasteiger partial charge in [-0.2, -0.15) is 0 Å². The average molecular weight is 126 g/mol. The summed E-state index contributed by atoms with van der Waals surface area (Å²) in [4.78, 5) is 2.35. The van der Waals surface area contributed by atoms with E-state index in [1.54, 1.807) is 0 Å². The van der Waals surface area contributed by atoms with E-state index in [-0.39, 0.29) is 0 Å². The zero-order valence-electron chi connectivity index (χ0n) is 5.93. The zero-order chi connectivity index (χ0) is 6.48. The van der Waals surface area contributed by atoms with Gasteiger partial charge in [0.25, 0.3) is 0 Å². The second-order valence-corrected chi connectivity index (χ2v) is 3.68. The molecule has 1 aliphatic carbocycles. The first kappa shape index (κ1) is 5.69. The fourth-order valence-electron chi connectivity index (χ4n) is 2.14. The van der Waals surface area contributed by atoms with E-state index >= 15 is 0 Å². The summed E-state index contributed by atoms with van der Waals surface area (Å²) in [5.74, 6) is 0. The maximum absolute atomic E-state index is 5.85. The molecule has 9 heavy (non-hydrogen) atoms. The summed E-state index contributed by atoms with van der Waals surface area (Å²) in [6.07, 6.45) is 2.63. The van der Waals surface area contributed by atoms with Crippen LogP contribution in [0.15, 0.2) is 0 Å². The molecular formula is C7H14N2. The summed E-state index contributed by atoms with van der Waals surface area (Å²) in [7, 11) is 2.16. The highest BCUT2D eigenvalue weighted by Gasteiger charge is 2.51. The highest BCUT2D eigenvalue weighted by Crippen LogP contribution is 2.46. The Bertz CT molecular complexity index is 127. The van der Waals surface area contributed by atoms with Crippen LogP contribution in [0.3, 0.4) is 0 Å². The van der Waals surface area contributed by atoms with Crippen LogP contribution in [0.2, 0.25) is 0 Å². The maximum Gasteiger partial charge on any atom is 0.0120 e. The standard InChI is InChI=1S/C7H14N2/c1-9-4-7(5-9)3-2-6(7)8/h6H,2-5,8H2,1H3/t6-/m1/s1. The lowest BCUT2D eigenvalue weighted by atomic mass is 9.60. The predicted octanol–water partition coefficient (Wildman–Crippen LogP) is 0.0393. The molecule has 2 N–H and O–H groups in total. The molecule has 0 amide bonds. The Balaban J connectivity index is 1.97. The lowest BCUT2D eigenvalue weighted by Crippen LogP contribution is -2.68. The molecular weight excluding hydrogens is 112 g/mol. The Hall–Kier alpha value is -0.0800. The van der Waals surface area contributed by atoms with Gasteiger partial charge in [0.1, 0.15) is 0 Å². The molecule has 0 aromatic carbocycles. The highest BCUT2D eigenvalue weighted by molar-refractivity contribution is 5.07. The monoisotopic (exact) mass is 126 g/mol. The molecule has 1 saturated carbocycles. The van der Waals surface area contributed by atoms with Gasteiger partial charge in [0.05, 0.1) is 0 Å². The van der Waals surface area contributed by atoms with Gasteiger partial charge in [-0.3, -0.25) is 0 Å². The molecule has 52 valence electrons. The fourth-order valence-corrected chi connectivity index (χ4v) is 2.14. The molecule has 2 fully saturated rings. The van der Waals surface area contributed by atoms with Gasteiger partial charge in [0.2, 0.25) is 0 Å². The third kappa shape index (κ3) is 0.578. The number of hydrogen-bond donors (Lipinski definition) is 1. The molecule has 0 radical (unpaired) electrons. The number of rotatable bonds is 0. The van der Waals surface area contributed by atoms with Crippen LogP contribution in [0.1, 0.15) is 12.8 Å². The van der Waals surface area contributed by atoms with E-state index in [1.807, 2.05) is 0 Å². The smallest absolute Gasteiger partial charge is 0.0120 e. The van der Waals surface area contributed by atoms with E-state index in [2.05, 4.69) is 11.9 Å². The van der Waals surface area contributed by atoms with Gasteiger partial charge in [-0.1, -0.05) is 0 Å². The van der Waals surface area contributed by atoms with Crippen LogP contribution in [0, 0.1) is 5.41 Å². The minimum Gasteiger partial charge on any atom is -0.327 e. The SMILES string of the molecule is CN1CC2(CC[C@H]2N)C1. The first-order valence-electron chi connectivity index (χ1n) is 3.67. The maximum atomic E-state index is 5.85. The molecule has 1 heterocycles. The minimum atomic E-state index is 0.522. The van der Waals surface area contributed by atoms with Gasteiger partial charge in [0, 0.05) is 24.5 Å². The average Bonchev–Trinajstić information content (AvgIpc) is 1.77. The van der Waals surface area contributed by atoms with E-state index < -0.39 is 0 Å². The molecule has 1 atom stereocenters. The lowest BCUT2D eigenvalue weighted by molar-refractivity contribution is -0.0633. The van der Waals surface area contributed by atoms with Crippen molar-refractivity contribution < 1.29 is 0 Å². The number of nitrogens with two attached hydrogens (primary N) is 1. The topological polar surface area (TPSA) is 29.3 Å². The quantitative estimate of drug-likeness (QED) is 0.496. The predicted molar refractivity (Wildman–Crippen MR) is 37.1 cm³/mol. The van der Waals surface area contributed by atoms with Crippen LogP contribution < -0.4 is 5.73 Å². The summed E-state index contributed by atoms with van der Waals surface area (Å²) in [5, 5.41) is 0. The van der Waals surface area contributed by atoms with Crippen molar-refractivity contribution in [3.63, 3.8) is 0 Å². The van der Waals surface area contributed by atoms with Gasteiger partial charge in [-0.25, -0.2) is 0 Å². The minimum absolute atomic E-state index is 0.522. The van der Waals surface area contributed by atoms with Crippen LogP contribution >= 0.6 is 0 Å². The molecule has 1 spiro atoms. The summed E-state index contributed by atoms with van der Waals surface area (Å²) >= 11 is 0. The molecule has 1 saturated heterocycles. The van der Waals surface area contributed by atoms with Crippen LogP contribution in [0.5, 0.6) is 0 Å². The highest BCUT2D eigenvalue weighted by atomic mass is 15.2. The van der Waals surface area contributed by atoms with E-state index in [0.29, 0.717) is 11.5 Å².